The highest BCUT2D eigenvalue weighted by Crippen LogP contribution is 2.42. The third-order valence-electron chi connectivity index (χ3n) is 6.52. The van der Waals surface area contributed by atoms with E-state index < -0.39 is 0 Å². The van der Waals surface area contributed by atoms with Gasteiger partial charge >= 0.3 is 6.03 Å². The molecule has 3 rings (SSSR count). The summed E-state index contributed by atoms with van der Waals surface area (Å²) in [4.78, 5) is 37.2. The third-order valence-corrected chi connectivity index (χ3v) is 6.52. The van der Waals surface area contributed by atoms with Crippen molar-refractivity contribution in [3.8, 4) is 17.2 Å². The Morgan fingerprint density at radius 2 is 1.78 bits per heavy atom. The predicted molar refractivity (Wildman–Crippen MR) is 144 cm³/mol. The molecule has 1 heterocycles. The summed E-state index contributed by atoms with van der Waals surface area (Å²) in [6.45, 7) is 9.42. The molecule has 1 aromatic carbocycles. The fraction of sp³-hybridized carbons (Fsp3) is 0.462. The van der Waals surface area contributed by atoms with E-state index in [1.807, 2.05) is 6.92 Å². The molecule has 0 saturated heterocycles. The molecule has 0 radical (unpaired) electrons. The molecule has 2 aliphatic rings. The molecule has 1 fully saturated rings. The lowest BCUT2D eigenvalue weighted by molar-refractivity contribution is -0.117. The molecule has 2 atom stereocenters. The van der Waals surface area contributed by atoms with Gasteiger partial charge in [0, 0.05) is 19.2 Å². The molecular weight excluding hydrogens is 476 g/mol. The number of urea groups is 1. The van der Waals surface area contributed by atoms with Gasteiger partial charge in [0.05, 0.1) is 45.6 Å². The number of anilines is 1. The first kappa shape index (κ1) is 27.6. The van der Waals surface area contributed by atoms with Gasteiger partial charge in [-0.3, -0.25) is 14.6 Å². The van der Waals surface area contributed by atoms with Crippen molar-refractivity contribution in [2.24, 2.45) is 9.98 Å². The Balaban J connectivity index is 1.87. The number of nitrogens with zero attached hydrogens (tertiary/aromatic N) is 4. The van der Waals surface area contributed by atoms with Crippen molar-refractivity contribution in [1.29, 1.82) is 0 Å². The van der Waals surface area contributed by atoms with Crippen LogP contribution in [0.2, 0.25) is 0 Å². The molecule has 1 aromatic rings. The van der Waals surface area contributed by atoms with Crippen LogP contribution < -0.4 is 29.7 Å². The number of aliphatic imine (C=N–C) groups is 2. The van der Waals surface area contributed by atoms with Crippen molar-refractivity contribution in [3.05, 3.63) is 36.2 Å². The fourth-order valence-corrected chi connectivity index (χ4v) is 4.61. The lowest BCUT2D eigenvalue weighted by Gasteiger charge is -2.36. The maximum absolute atomic E-state index is 13.4. The van der Waals surface area contributed by atoms with Crippen molar-refractivity contribution in [2.45, 2.75) is 44.7 Å². The van der Waals surface area contributed by atoms with Gasteiger partial charge < -0.3 is 24.8 Å². The van der Waals surface area contributed by atoms with Gasteiger partial charge in [-0.2, -0.15) is 0 Å². The van der Waals surface area contributed by atoms with E-state index in [9.17, 15) is 9.59 Å². The van der Waals surface area contributed by atoms with Crippen LogP contribution in [-0.4, -0.2) is 76.5 Å². The van der Waals surface area contributed by atoms with E-state index in [0.717, 1.165) is 31.3 Å². The number of guanidine groups is 1. The van der Waals surface area contributed by atoms with Gasteiger partial charge in [-0.15, -0.1) is 0 Å². The number of methoxy groups -OCH3 is 3. The van der Waals surface area contributed by atoms with Crippen LogP contribution in [0.3, 0.4) is 0 Å². The Labute approximate surface area is 217 Å². The molecule has 11 nitrogen and oxygen atoms in total. The number of benzene rings is 1. The van der Waals surface area contributed by atoms with E-state index in [-0.39, 0.29) is 24.0 Å². The van der Waals surface area contributed by atoms with Crippen LogP contribution in [0.1, 0.15) is 32.6 Å². The number of hydrogen-bond donors (Lipinski definition) is 2. The number of rotatable bonds is 8. The first-order chi connectivity index (χ1) is 17.8. The molecule has 37 heavy (non-hydrogen) atoms. The van der Waals surface area contributed by atoms with Gasteiger partial charge in [-0.05, 0) is 38.1 Å². The molecule has 0 spiro atoms. The van der Waals surface area contributed by atoms with Crippen LogP contribution in [-0.2, 0) is 4.79 Å². The highest BCUT2D eigenvalue weighted by Gasteiger charge is 2.32. The minimum absolute atomic E-state index is 0.117. The molecule has 200 valence electrons. The lowest BCUT2D eigenvalue weighted by atomic mass is 9.90. The van der Waals surface area contributed by atoms with Gasteiger partial charge in [0.1, 0.15) is 5.82 Å². The minimum atomic E-state index is -0.264. The second kappa shape index (κ2) is 12.3. The van der Waals surface area contributed by atoms with Crippen molar-refractivity contribution in [3.63, 3.8) is 0 Å². The molecule has 1 aliphatic carbocycles. The Hall–Kier alpha value is -4.02. The van der Waals surface area contributed by atoms with Gasteiger partial charge in [0.15, 0.2) is 11.5 Å². The van der Waals surface area contributed by atoms with E-state index in [0.29, 0.717) is 41.3 Å². The summed E-state index contributed by atoms with van der Waals surface area (Å²) < 4.78 is 16.3. The van der Waals surface area contributed by atoms with Crippen molar-refractivity contribution in [2.75, 3.05) is 39.8 Å². The fourth-order valence-electron chi connectivity index (χ4n) is 4.61. The molecule has 0 aromatic heterocycles. The van der Waals surface area contributed by atoms with E-state index in [1.54, 1.807) is 24.1 Å². The number of carbonyl (C=O) groups is 2. The number of amides is 3. The van der Waals surface area contributed by atoms with E-state index >= 15 is 0 Å². The van der Waals surface area contributed by atoms with E-state index in [1.165, 1.54) is 32.3 Å². The third kappa shape index (κ3) is 6.04. The summed E-state index contributed by atoms with van der Waals surface area (Å²) in [7, 11) is 6.26. The molecule has 1 saturated carbocycles. The summed E-state index contributed by atoms with van der Waals surface area (Å²) in [6.07, 6.45) is 4.91. The second-order valence-corrected chi connectivity index (χ2v) is 8.85. The SMILES string of the molecule is C=CC(=O)N[C@H]1CCCC[C@H]1N=C(N=C)NC1=C(C)CN(c2cc(OC)c(OC)c(OC)c2)C(=O)N1C. The minimum Gasteiger partial charge on any atom is -0.493 e. The summed E-state index contributed by atoms with van der Waals surface area (Å²) in [5.41, 5.74) is 1.48. The predicted octanol–water partition coefficient (Wildman–Crippen LogP) is 3.08. The molecule has 0 unspecified atom stereocenters. The number of nitrogens with one attached hydrogen (secondary N) is 2. The molecule has 2 N–H and O–H groups in total. The molecule has 3 amide bonds. The molecule has 0 bridgehead atoms. The smallest absolute Gasteiger partial charge is 0.330 e. The molecule has 11 heteroatoms. The van der Waals surface area contributed by atoms with Crippen molar-refractivity contribution in [1.82, 2.24) is 15.5 Å². The number of hydrogen-bond acceptors (Lipinski definition) is 6. The zero-order valence-electron chi connectivity index (χ0n) is 22.2. The Morgan fingerprint density at radius 3 is 2.35 bits per heavy atom. The number of ether oxygens (including phenoxy) is 3. The van der Waals surface area contributed by atoms with Crippen molar-refractivity contribution < 1.29 is 23.8 Å². The highest BCUT2D eigenvalue weighted by atomic mass is 16.5. The topological polar surface area (TPSA) is 117 Å². The van der Waals surface area contributed by atoms with Crippen LogP contribution >= 0.6 is 0 Å². The Bertz CT molecular complexity index is 1090. The summed E-state index contributed by atoms with van der Waals surface area (Å²) in [5, 5.41) is 6.14. The van der Waals surface area contributed by atoms with Crippen molar-refractivity contribution >= 4 is 30.3 Å². The first-order valence-corrected chi connectivity index (χ1v) is 12.1. The lowest BCUT2D eigenvalue weighted by Crippen LogP contribution is -2.50. The monoisotopic (exact) mass is 512 g/mol. The zero-order chi connectivity index (χ0) is 27.1. The van der Waals surface area contributed by atoms with E-state index in [2.05, 4.69) is 28.9 Å². The molecular formula is C26H36N6O5. The van der Waals surface area contributed by atoms with Crippen LogP contribution in [0.5, 0.6) is 17.2 Å². The summed E-state index contributed by atoms with van der Waals surface area (Å²) in [6, 6.07) is 2.93. The van der Waals surface area contributed by atoms with Crippen LogP contribution in [0.25, 0.3) is 0 Å². The maximum atomic E-state index is 13.4. The van der Waals surface area contributed by atoms with Crippen LogP contribution in [0.15, 0.2) is 46.2 Å². The van der Waals surface area contributed by atoms with Gasteiger partial charge in [-0.25, -0.2) is 14.8 Å². The average Bonchev–Trinajstić information content (AvgIpc) is 2.92. The normalized spacial score (nSPS) is 20.4. The van der Waals surface area contributed by atoms with Crippen LogP contribution in [0.4, 0.5) is 10.5 Å². The quantitative estimate of drug-likeness (QED) is 0.314. The second-order valence-electron chi connectivity index (χ2n) is 8.85. The Morgan fingerprint density at radius 1 is 1.14 bits per heavy atom. The largest absolute Gasteiger partial charge is 0.493 e. The average molecular weight is 513 g/mol. The van der Waals surface area contributed by atoms with Gasteiger partial charge in [0.25, 0.3) is 0 Å². The first-order valence-electron chi connectivity index (χ1n) is 12.1. The zero-order valence-corrected chi connectivity index (χ0v) is 22.2. The maximum Gasteiger partial charge on any atom is 0.330 e. The highest BCUT2D eigenvalue weighted by molar-refractivity contribution is 5.96. The standard InChI is InChI=1S/C26H36N6O5/c1-8-22(33)28-18-11-9-10-12-19(18)29-25(27-3)30-24-16(2)15-32(26(34)31(24)4)17-13-20(35-5)23(37-7)21(14-17)36-6/h8,13-14,18-19H,1,3,9-12,15H2,2,4-7H3,(H,28,33)(H,29,30)/t18-,19+/m0/s1. The Kier molecular flexibility index (Phi) is 9.15. The van der Waals surface area contributed by atoms with E-state index in [4.69, 9.17) is 19.2 Å². The summed E-state index contributed by atoms with van der Waals surface area (Å²) >= 11 is 0. The molecule has 1 aliphatic heterocycles. The van der Waals surface area contributed by atoms with Gasteiger partial charge in [0.2, 0.25) is 17.6 Å². The van der Waals surface area contributed by atoms with Gasteiger partial charge in [-0.1, -0.05) is 19.4 Å². The van der Waals surface area contributed by atoms with Crippen LogP contribution in [0, 0.1) is 0 Å². The summed E-state index contributed by atoms with van der Waals surface area (Å²) in [5.74, 6) is 1.99. The number of carbonyl (C=O) groups excluding carboxylic acids is 2.